The van der Waals surface area contributed by atoms with E-state index >= 15 is 0 Å². The third-order valence-electron chi connectivity index (χ3n) is 2.78. The minimum atomic E-state index is 0.0901. The van der Waals surface area contributed by atoms with E-state index in [0.29, 0.717) is 30.5 Å². The van der Waals surface area contributed by atoms with Gasteiger partial charge in [0.15, 0.2) is 17.3 Å². The number of nitrogens with zero attached hydrogens (tertiary/aromatic N) is 1. The fourth-order valence-electron chi connectivity index (χ4n) is 1.97. The fraction of sp³-hybridized carbons (Fsp3) is 0.400. The van der Waals surface area contributed by atoms with Crippen molar-refractivity contribution in [3.05, 3.63) is 40.2 Å². The van der Waals surface area contributed by atoms with Gasteiger partial charge in [-0.15, -0.1) is 0 Å². The first-order valence-corrected chi connectivity index (χ1v) is 7.62. The molecule has 1 atom stereocenters. The second kappa shape index (κ2) is 7.47. The summed E-state index contributed by atoms with van der Waals surface area (Å²) in [6.07, 6.45) is 2.37. The summed E-state index contributed by atoms with van der Waals surface area (Å²) < 4.78 is 17.3. The maximum atomic E-state index is 5.85. The molecule has 0 radical (unpaired) electrons. The van der Waals surface area contributed by atoms with Crippen molar-refractivity contribution >= 4 is 15.9 Å². The molecule has 0 saturated heterocycles. The first-order valence-electron chi connectivity index (χ1n) is 6.83. The highest BCUT2D eigenvalue weighted by Crippen LogP contribution is 2.37. The van der Waals surface area contributed by atoms with Gasteiger partial charge in [-0.1, -0.05) is 5.16 Å². The molecule has 2 rings (SSSR count). The maximum absolute atomic E-state index is 5.85. The zero-order valence-electron chi connectivity index (χ0n) is 12.1. The van der Waals surface area contributed by atoms with Crippen LogP contribution in [-0.2, 0) is 13.0 Å². The van der Waals surface area contributed by atoms with E-state index in [-0.39, 0.29) is 6.04 Å². The predicted octanol–water partition coefficient (Wildman–Crippen LogP) is 3.30. The first kappa shape index (κ1) is 15.9. The summed E-state index contributed by atoms with van der Waals surface area (Å²) in [6.45, 7) is 4.77. The van der Waals surface area contributed by atoms with Crippen LogP contribution in [0.5, 0.6) is 11.5 Å². The van der Waals surface area contributed by atoms with Crippen molar-refractivity contribution in [3.8, 4) is 11.5 Å². The topological polar surface area (TPSA) is 70.5 Å². The van der Waals surface area contributed by atoms with E-state index in [1.807, 2.05) is 26.0 Å². The Labute approximate surface area is 132 Å². The lowest BCUT2D eigenvalue weighted by atomic mass is 10.1. The van der Waals surface area contributed by atoms with Crippen LogP contribution in [0, 0.1) is 0 Å². The average Bonchev–Trinajstić information content (AvgIpc) is 2.90. The largest absolute Gasteiger partial charge is 0.490 e. The lowest BCUT2D eigenvalue weighted by Crippen LogP contribution is -2.17. The van der Waals surface area contributed by atoms with E-state index in [0.717, 1.165) is 16.5 Å². The third kappa shape index (κ3) is 4.47. The van der Waals surface area contributed by atoms with Gasteiger partial charge in [-0.2, -0.15) is 0 Å². The highest BCUT2D eigenvalue weighted by Gasteiger charge is 2.14. The molecular formula is C15H19BrN2O3. The second-order valence-corrected chi connectivity index (χ2v) is 5.64. The molecule has 6 heteroatoms. The summed E-state index contributed by atoms with van der Waals surface area (Å²) in [5.41, 5.74) is 6.96. The molecule has 0 saturated carbocycles. The van der Waals surface area contributed by atoms with Gasteiger partial charge in [-0.25, -0.2) is 0 Å². The van der Waals surface area contributed by atoms with Crippen LogP contribution in [0.25, 0.3) is 0 Å². The van der Waals surface area contributed by atoms with Crippen molar-refractivity contribution in [2.45, 2.75) is 32.9 Å². The van der Waals surface area contributed by atoms with Crippen LogP contribution >= 0.6 is 15.9 Å². The Morgan fingerprint density at radius 1 is 1.38 bits per heavy atom. The number of aromatic nitrogens is 1. The Kier molecular flexibility index (Phi) is 5.64. The van der Waals surface area contributed by atoms with Gasteiger partial charge in [0.05, 0.1) is 17.3 Å². The number of nitrogens with two attached hydrogens (primary N) is 1. The molecule has 0 fully saturated rings. The quantitative estimate of drug-likeness (QED) is 0.825. The molecule has 0 bridgehead atoms. The summed E-state index contributed by atoms with van der Waals surface area (Å²) in [7, 11) is 0. The lowest BCUT2D eigenvalue weighted by Gasteiger charge is -2.15. The van der Waals surface area contributed by atoms with Gasteiger partial charge in [0.1, 0.15) is 6.61 Å². The molecular weight excluding hydrogens is 336 g/mol. The minimum absolute atomic E-state index is 0.0901. The zero-order valence-corrected chi connectivity index (χ0v) is 13.7. The van der Waals surface area contributed by atoms with Gasteiger partial charge in [0.25, 0.3) is 0 Å². The summed E-state index contributed by atoms with van der Waals surface area (Å²) in [4.78, 5) is 0. The molecule has 1 aromatic heterocycles. The Balaban J connectivity index is 2.21. The van der Waals surface area contributed by atoms with Crippen LogP contribution in [0.15, 0.2) is 33.4 Å². The Bertz CT molecular complexity index is 571. The molecule has 21 heavy (non-hydrogen) atoms. The van der Waals surface area contributed by atoms with Gasteiger partial charge in [-0.3, -0.25) is 0 Å². The number of halogens is 1. The SMILES string of the molecule is CCOc1cc(CC(C)N)cc(Br)c1OCc1ccno1. The molecule has 114 valence electrons. The van der Waals surface area contributed by atoms with Crippen LogP contribution in [0.4, 0.5) is 0 Å². The van der Waals surface area contributed by atoms with Gasteiger partial charge in [0, 0.05) is 12.1 Å². The van der Waals surface area contributed by atoms with Crippen LogP contribution in [0.3, 0.4) is 0 Å². The van der Waals surface area contributed by atoms with E-state index < -0.39 is 0 Å². The van der Waals surface area contributed by atoms with Crippen LogP contribution in [-0.4, -0.2) is 17.8 Å². The molecule has 0 aliphatic heterocycles. The van der Waals surface area contributed by atoms with Gasteiger partial charge in [-0.05, 0) is 53.9 Å². The molecule has 0 aliphatic rings. The standard InChI is InChI=1S/C15H19BrN2O3/c1-3-19-14-8-11(6-10(2)17)7-13(16)15(14)20-9-12-4-5-18-21-12/h4-5,7-8,10H,3,6,9,17H2,1-2H3. The molecule has 0 amide bonds. The second-order valence-electron chi connectivity index (χ2n) is 4.79. The van der Waals surface area contributed by atoms with E-state index in [1.165, 1.54) is 0 Å². The van der Waals surface area contributed by atoms with Crippen LogP contribution in [0.1, 0.15) is 25.2 Å². The van der Waals surface area contributed by atoms with E-state index in [4.69, 9.17) is 19.7 Å². The highest BCUT2D eigenvalue weighted by atomic mass is 79.9. The highest BCUT2D eigenvalue weighted by molar-refractivity contribution is 9.10. The third-order valence-corrected chi connectivity index (χ3v) is 3.37. The van der Waals surface area contributed by atoms with Gasteiger partial charge < -0.3 is 19.7 Å². The monoisotopic (exact) mass is 354 g/mol. The van der Waals surface area contributed by atoms with Gasteiger partial charge in [0.2, 0.25) is 0 Å². The van der Waals surface area contributed by atoms with Crippen molar-refractivity contribution < 1.29 is 14.0 Å². The summed E-state index contributed by atoms with van der Waals surface area (Å²) in [5.74, 6) is 2.01. The van der Waals surface area contributed by atoms with E-state index in [9.17, 15) is 0 Å². The number of hydrogen-bond acceptors (Lipinski definition) is 5. The molecule has 1 unspecified atom stereocenters. The number of benzene rings is 1. The van der Waals surface area contributed by atoms with Crippen molar-refractivity contribution in [2.24, 2.45) is 5.73 Å². The molecule has 2 aromatic rings. The van der Waals surface area contributed by atoms with Crippen molar-refractivity contribution in [1.29, 1.82) is 0 Å². The smallest absolute Gasteiger partial charge is 0.176 e. The minimum Gasteiger partial charge on any atom is -0.490 e. The average molecular weight is 355 g/mol. The number of rotatable bonds is 7. The van der Waals surface area contributed by atoms with E-state index in [1.54, 1.807) is 12.3 Å². The maximum Gasteiger partial charge on any atom is 0.176 e. The Hall–Kier alpha value is -1.53. The van der Waals surface area contributed by atoms with E-state index in [2.05, 4.69) is 21.1 Å². The van der Waals surface area contributed by atoms with Crippen molar-refractivity contribution in [2.75, 3.05) is 6.61 Å². The summed E-state index contributed by atoms with van der Waals surface area (Å²) in [6, 6.07) is 5.82. The normalized spacial score (nSPS) is 12.2. The molecule has 5 nitrogen and oxygen atoms in total. The Morgan fingerprint density at radius 3 is 2.81 bits per heavy atom. The lowest BCUT2D eigenvalue weighted by molar-refractivity contribution is 0.232. The fourth-order valence-corrected chi connectivity index (χ4v) is 2.58. The molecule has 1 heterocycles. The predicted molar refractivity (Wildman–Crippen MR) is 83.5 cm³/mol. The van der Waals surface area contributed by atoms with Crippen molar-refractivity contribution in [3.63, 3.8) is 0 Å². The zero-order chi connectivity index (χ0) is 15.2. The van der Waals surface area contributed by atoms with Gasteiger partial charge >= 0.3 is 0 Å². The summed E-state index contributed by atoms with van der Waals surface area (Å²) >= 11 is 3.53. The Morgan fingerprint density at radius 2 is 2.19 bits per heavy atom. The van der Waals surface area contributed by atoms with Crippen LogP contribution < -0.4 is 15.2 Å². The number of ether oxygens (including phenoxy) is 2. The molecule has 1 aromatic carbocycles. The summed E-state index contributed by atoms with van der Waals surface area (Å²) in [5, 5.41) is 3.65. The molecule has 0 aliphatic carbocycles. The van der Waals surface area contributed by atoms with Crippen LogP contribution in [0.2, 0.25) is 0 Å². The number of hydrogen-bond donors (Lipinski definition) is 1. The first-order chi connectivity index (χ1) is 10.1. The molecule has 0 spiro atoms. The van der Waals surface area contributed by atoms with Crippen molar-refractivity contribution in [1.82, 2.24) is 5.16 Å². The molecule has 2 N–H and O–H groups in total.